The largest absolute Gasteiger partial charge is 0.489 e. The number of benzene rings is 2. The lowest BCUT2D eigenvalue weighted by atomic mass is 10.1. The van der Waals surface area contributed by atoms with Crippen molar-refractivity contribution in [3.05, 3.63) is 76.9 Å². The molecule has 0 aliphatic rings. The number of aryl methyl sites for hydroxylation is 1. The van der Waals surface area contributed by atoms with Gasteiger partial charge in [-0.2, -0.15) is 4.98 Å². The maximum atomic E-state index is 15.1. The zero-order chi connectivity index (χ0) is 21.1. The topological polar surface area (TPSA) is 65.4 Å². The molecular formula is C22H19ClF2N4O. The molecule has 0 atom stereocenters. The average molecular weight is 429 g/mol. The van der Waals surface area contributed by atoms with Crippen molar-refractivity contribution in [3.63, 3.8) is 0 Å². The van der Waals surface area contributed by atoms with Crippen LogP contribution in [0.4, 0.5) is 14.7 Å². The zero-order valence-corrected chi connectivity index (χ0v) is 16.7. The Bertz CT molecular complexity index is 1180. The van der Waals surface area contributed by atoms with Gasteiger partial charge in [0, 0.05) is 11.8 Å². The van der Waals surface area contributed by atoms with E-state index in [4.69, 9.17) is 22.1 Å². The summed E-state index contributed by atoms with van der Waals surface area (Å²) < 4.78 is 35.2. The average Bonchev–Trinajstić information content (AvgIpc) is 3.10. The van der Waals surface area contributed by atoms with Crippen LogP contribution < -0.4 is 10.5 Å². The summed E-state index contributed by atoms with van der Waals surface area (Å²) >= 11 is 6.17. The van der Waals surface area contributed by atoms with Crippen molar-refractivity contribution < 1.29 is 13.5 Å². The molecule has 4 aromatic rings. The van der Waals surface area contributed by atoms with E-state index in [-0.39, 0.29) is 22.5 Å². The van der Waals surface area contributed by atoms with Crippen molar-refractivity contribution in [1.29, 1.82) is 0 Å². The van der Waals surface area contributed by atoms with Gasteiger partial charge < -0.3 is 10.5 Å². The number of aromatic nitrogens is 3. The summed E-state index contributed by atoms with van der Waals surface area (Å²) in [4.78, 5) is 4.10. The molecule has 2 heterocycles. The molecule has 0 saturated carbocycles. The van der Waals surface area contributed by atoms with E-state index in [0.717, 1.165) is 18.4 Å². The van der Waals surface area contributed by atoms with Gasteiger partial charge in [-0.25, -0.2) is 13.3 Å². The van der Waals surface area contributed by atoms with E-state index in [1.54, 1.807) is 42.6 Å². The monoisotopic (exact) mass is 428 g/mol. The predicted molar refractivity (Wildman–Crippen MR) is 113 cm³/mol. The predicted octanol–water partition coefficient (Wildman–Crippen LogP) is 5.31. The third kappa shape index (κ3) is 4.36. The van der Waals surface area contributed by atoms with Crippen LogP contribution in [0.2, 0.25) is 5.02 Å². The van der Waals surface area contributed by atoms with E-state index in [2.05, 4.69) is 10.1 Å². The third-order valence-corrected chi connectivity index (χ3v) is 5.03. The van der Waals surface area contributed by atoms with Crippen LogP contribution in [-0.4, -0.2) is 21.2 Å². The van der Waals surface area contributed by atoms with Crippen LogP contribution in [0.1, 0.15) is 18.4 Å². The van der Waals surface area contributed by atoms with Crippen LogP contribution in [-0.2, 0) is 6.42 Å². The van der Waals surface area contributed by atoms with Gasteiger partial charge in [-0.3, -0.25) is 0 Å². The molecule has 2 aromatic heterocycles. The SMILES string of the molecule is Nc1nc2cc(-c3ccc(Cl)c(OCCCCc4ccc(F)cc4)c3F)ccn2n1. The standard InChI is InChI=1S/C22H19ClF2N4O/c23-18-9-8-17(15-10-11-29-19(13-15)27-22(26)28-29)20(25)21(18)30-12-2-1-3-14-4-6-16(24)7-5-14/h4-11,13H,1-3,12H2,(H2,26,28). The van der Waals surface area contributed by atoms with Gasteiger partial charge in [-0.05, 0) is 66.8 Å². The number of nitrogen functional groups attached to an aromatic ring is 1. The normalized spacial score (nSPS) is 11.2. The number of nitrogens with two attached hydrogens (primary N) is 1. The lowest BCUT2D eigenvalue weighted by Gasteiger charge is -2.12. The molecule has 0 radical (unpaired) electrons. The molecule has 0 unspecified atom stereocenters. The van der Waals surface area contributed by atoms with Gasteiger partial charge in [0.2, 0.25) is 5.95 Å². The number of hydrogen-bond donors (Lipinski definition) is 1. The Morgan fingerprint density at radius 2 is 1.83 bits per heavy atom. The fourth-order valence-electron chi connectivity index (χ4n) is 3.21. The summed E-state index contributed by atoms with van der Waals surface area (Å²) in [6, 6.07) is 13.0. The molecule has 0 fully saturated rings. The number of unbranched alkanes of at least 4 members (excludes halogenated alkanes) is 1. The van der Waals surface area contributed by atoms with Gasteiger partial charge in [0.05, 0.1) is 11.6 Å². The highest BCUT2D eigenvalue weighted by molar-refractivity contribution is 6.32. The molecule has 30 heavy (non-hydrogen) atoms. The third-order valence-electron chi connectivity index (χ3n) is 4.73. The number of fused-ring (bicyclic) bond motifs is 1. The van der Waals surface area contributed by atoms with Gasteiger partial charge >= 0.3 is 0 Å². The number of anilines is 1. The number of hydrogen-bond acceptors (Lipinski definition) is 4. The second kappa shape index (κ2) is 8.67. The van der Waals surface area contributed by atoms with E-state index >= 15 is 4.39 Å². The number of rotatable bonds is 7. The quantitative estimate of drug-likeness (QED) is 0.405. The molecular weight excluding hydrogens is 410 g/mol. The smallest absolute Gasteiger partial charge is 0.240 e. The van der Waals surface area contributed by atoms with Crippen molar-refractivity contribution in [2.45, 2.75) is 19.3 Å². The summed E-state index contributed by atoms with van der Waals surface area (Å²) in [6.45, 7) is 0.320. The lowest BCUT2D eigenvalue weighted by molar-refractivity contribution is 0.293. The first kappa shape index (κ1) is 20.1. The molecule has 2 N–H and O–H groups in total. The molecule has 0 bridgehead atoms. The van der Waals surface area contributed by atoms with Crippen molar-refractivity contribution in [2.24, 2.45) is 0 Å². The number of halogens is 3. The number of pyridine rings is 1. The van der Waals surface area contributed by atoms with Crippen LogP contribution in [0.3, 0.4) is 0 Å². The molecule has 0 saturated heterocycles. The van der Waals surface area contributed by atoms with Crippen LogP contribution in [0, 0.1) is 11.6 Å². The van der Waals surface area contributed by atoms with Gasteiger partial charge in [-0.1, -0.05) is 23.7 Å². The Labute approximate surface area is 177 Å². The van der Waals surface area contributed by atoms with E-state index < -0.39 is 5.82 Å². The Morgan fingerprint density at radius 3 is 2.63 bits per heavy atom. The summed E-state index contributed by atoms with van der Waals surface area (Å²) in [5.74, 6) is -0.609. The van der Waals surface area contributed by atoms with Crippen LogP contribution in [0.25, 0.3) is 16.8 Å². The van der Waals surface area contributed by atoms with Crippen molar-refractivity contribution in [3.8, 4) is 16.9 Å². The molecule has 0 aliphatic heterocycles. The molecule has 0 spiro atoms. The van der Waals surface area contributed by atoms with E-state index in [9.17, 15) is 4.39 Å². The molecule has 8 heteroatoms. The van der Waals surface area contributed by atoms with E-state index in [1.807, 2.05) is 0 Å². The highest BCUT2D eigenvalue weighted by Crippen LogP contribution is 2.35. The highest BCUT2D eigenvalue weighted by atomic mass is 35.5. The van der Waals surface area contributed by atoms with Crippen molar-refractivity contribution >= 4 is 23.2 Å². The first-order valence-electron chi connectivity index (χ1n) is 9.49. The first-order valence-corrected chi connectivity index (χ1v) is 9.86. The molecule has 0 aliphatic carbocycles. The molecule has 2 aromatic carbocycles. The minimum absolute atomic E-state index is 0.0248. The Morgan fingerprint density at radius 1 is 1.03 bits per heavy atom. The summed E-state index contributed by atoms with van der Waals surface area (Å²) in [5, 5.41) is 4.22. The number of ether oxygens (including phenoxy) is 1. The second-order valence-corrected chi connectivity index (χ2v) is 7.27. The van der Waals surface area contributed by atoms with Gasteiger partial charge in [0.1, 0.15) is 5.82 Å². The fourth-order valence-corrected chi connectivity index (χ4v) is 3.41. The van der Waals surface area contributed by atoms with E-state index in [0.29, 0.717) is 29.8 Å². The molecule has 5 nitrogen and oxygen atoms in total. The molecule has 0 amide bonds. The maximum absolute atomic E-state index is 15.1. The highest BCUT2D eigenvalue weighted by Gasteiger charge is 2.16. The Balaban J connectivity index is 1.43. The molecule has 154 valence electrons. The zero-order valence-electron chi connectivity index (χ0n) is 16.0. The summed E-state index contributed by atoms with van der Waals surface area (Å²) in [5.41, 5.74) is 8.14. The first-order chi connectivity index (χ1) is 14.5. The molecule has 4 rings (SSSR count). The van der Waals surface area contributed by atoms with Crippen LogP contribution in [0.15, 0.2) is 54.7 Å². The van der Waals surface area contributed by atoms with Gasteiger partial charge in [0.15, 0.2) is 17.2 Å². The van der Waals surface area contributed by atoms with Gasteiger partial charge in [-0.15, -0.1) is 5.10 Å². The lowest BCUT2D eigenvalue weighted by Crippen LogP contribution is -2.02. The van der Waals surface area contributed by atoms with Crippen LogP contribution >= 0.6 is 11.6 Å². The summed E-state index contributed by atoms with van der Waals surface area (Å²) in [6.07, 6.45) is 4.00. The second-order valence-electron chi connectivity index (χ2n) is 6.86. The summed E-state index contributed by atoms with van der Waals surface area (Å²) in [7, 11) is 0. The fraction of sp³-hybridized carbons (Fsp3) is 0.182. The minimum atomic E-state index is -0.530. The Hall–Kier alpha value is -3.19. The van der Waals surface area contributed by atoms with E-state index in [1.165, 1.54) is 16.6 Å². The van der Waals surface area contributed by atoms with Crippen molar-refractivity contribution in [1.82, 2.24) is 14.6 Å². The number of nitrogens with zero attached hydrogens (tertiary/aromatic N) is 3. The minimum Gasteiger partial charge on any atom is -0.489 e. The van der Waals surface area contributed by atoms with Crippen molar-refractivity contribution in [2.75, 3.05) is 12.3 Å². The van der Waals surface area contributed by atoms with Gasteiger partial charge in [0.25, 0.3) is 0 Å². The maximum Gasteiger partial charge on any atom is 0.240 e. The van der Waals surface area contributed by atoms with Crippen LogP contribution in [0.5, 0.6) is 5.75 Å². The Kier molecular flexibility index (Phi) is 5.81.